The monoisotopic (exact) mass is 352 g/mol. The van der Waals surface area contributed by atoms with Crippen molar-refractivity contribution in [3.05, 3.63) is 52.9 Å². The highest BCUT2D eigenvalue weighted by Gasteiger charge is 2.35. The quantitative estimate of drug-likeness (QED) is 0.907. The second-order valence-electron chi connectivity index (χ2n) is 5.78. The highest BCUT2D eigenvalue weighted by Crippen LogP contribution is 2.49. The predicted molar refractivity (Wildman–Crippen MR) is 91.4 cm³/mol. The van der Waals surface area contributed by atoms with Crippen LogP contribution in [-0.2, 0) is 0 Å². The molecule has 7 nitrogen and oxygen atoms in total. The van der Waals surface area contributed by atoms with Gasteiger partial charge in [0.15, 0.2) is 11.5 Å². The molecule has 26 heavy (non-hydrogen) atoms. The second kappa shape index (κ2) is 6.08. The minimum atomic E-state index is -0.483. The van der Waals surface area contributed by atoms with Gasteiger partial charge in [0.25, 0.3) is 0 Å². The molecule has 2 aliphatic heterocycles. The maximum atomic E-state index is 9.71. The summed E-state index contributed by atoms with van der Waals surface area (Å²) >= 11 is 0. The van der Waals surface area contributed by atoms with Crippen molar-refractivity contribution in [2.24, 2.45) is 5.73 Å². The molecule has 0 radical (unpaired) electrons. The Hall–Kier alpha value is -3.53. The smallest absolute Gasteiger partial charge is 0.231 e. The highest BCUT2D eigenvalue weighted by atomic mass is 16.7. The third-order valence-corrected chi connectivity index (χ3v) is 4.46. The van der Waals surface area contributed by atoms with Crippen molar-refractivity contribution >= 4 is 0 Å². The normalized spacial score (nSPS) is 17.2. The zero-order chi connectivity index (χ0) is 18.3. The largest absolute Gasteiger partial charge is 0.497 e. The van der Waals surface area contributed by atoms with Crippen LogP contribution < -0.4 is 29.4 Å². The Morgan fingerprint density at radius 1 is 1.04 bits per heavy atom. The maximum Gasteiger partial charge on any atom is 0.231 e. The van der Waals surface area contributed by atoms with Crippen LogP contribution in [0.25, 0.3) is 0 Å². The molecular weight excluding hydrogens is 336 g/mol. The fourth-order valence-corrected chi connectivity index (χ4v) is 3.23. The van der Waals surface area contributed by atoms with Gasteiger partial charge in [0.05, 0.1) is 20.1 Å². The minimum absolute atomic E-state index is 0.0498. The Morgan fingerprint density at radius 3 is 2.50 bits per heavy atom. The number of hydrogen-bond donors (Lipinski definition) is 1. The van der Waals surface area contributed by atoms with Gasteiger partial charge in [-0.15, -0.1) is 0 Å². The van der Waals surface area contributed by atoms with E-state index in [1.165, 1.54) is 0 Å². The average Bonchev–Trinajstić information content (AvgIpc) is 3.12. The summed E-state index contributed by atoms with van der Waals surface area (Å²) in [7, 11) is 3.15. The fourth-order valence-electron chi connectivity index (χ4n) is 3.23. The number of nitrogens with two attached hydrogens (primary N) is 1. The van der Waals surface area contributed by atoms with E-state index in [9.17, 15) is 5.26 Å². The van der Waals surface area contributed by atoms with Crippen LogP contribution in [0, 0.1) is 11.3 Å². The Morgan fingerprint density at radius 2 is 1.81 bits per heavy atom. The molecule has 4 rings (SSSR count). The van der Waals surface area contributed by atoms with Gasteiger partial charge < -0.3 is 29.4 Å². The van der Waals surface area contributed by atoms with E-state index in [-0.39, 0.29) is 12.7 Å². The summed E-state index contributed by atoms with van der Waals surface area (Å²) in [5.74, 6) is 2.51. The molecule has 0 bridgehead atoms. The van der Waals surface area contributed by atoms with Gasteiger partial charge in [-0.05, 0) is 24.3 Å². The molecule has 0 amide bonds. The van der Waals surface area contributed by atoms with Crippen LogP contribution in [0.15, 0.2) is 41.8 Å². The molecule has 0 aliphatic carbocycles. The van der Waals surface area contributed by atoms with Gasteiger partial charge in [-0.1, -0.05) is 0 Å². The molecule has 0 saturated heterocycles. The molecule has 1 unspecified atom stereocenters. The molecule has 0 spiro atoms. The van der Waals surface area contributed by atoms with Crippen LogP contribution in [0.1, 0.15) is 17.0 Å². The molecule has 132 valence electrons. The van der Waals surface area contributed by atoms with Gasteiger partial charge in [-0.25, -0.2) is 0 Å². The van der Waals surface area contributed by atoms with E-state index in [1.54, 1.807) is 32.4 Å². The minimum Gasteiger partial charge on any atom is -0.497 e. The predicted octanol–water partition coefficient (Wildman–Crippen LogP) is 2.65. The van der Waals surface area contributed by atoms with Gasteiger partial charge in [0, 0.05) is 17.2 Å². The molecule has 0 aromatic heterocycles. The summed E-state index contributed by atoms with van der Waals surface area (Å²) in [4.78, 5) is 0. The van der Waals surface area contributed by atoms with Crippen molar-refractivity contribution in [1.29, 1.82) is 5.26 Å². The number of allylic oxidation sites excluding steroid dienone is 1. The van der Waals surface area contributed by atoms with E-state index < -0.39 is 5.92 Å². The third-order valence-electron chi connectivity index (χ3n) is 4.46. The molecule has 2 heterocycles. The van der Waals surface area contributed by atoms with Crippen LogP contribution in [0.3, 0.4) is 0 Å². The van der Waals surface area contributed by atoms with Gasteiger partial charge in [-0.2, -0.15) is 5.26 Å². The Labute approximate surface area is 150 Å². The highest BCUT2D eigenvalue weighted by molar-refractivity contribution is 5.63. The zero-order valence-corrected chi connectivity index (χ0v) is 14.2. The van der Waals surface area contributed by atoms with E-state index >= 15 is 0 Å². The standard InChI is InChI=1S/C19H16N2O5/c1-22-10-3-4-14(23-2)11(5-10)18-12-6-16-17(25-9-24-16)7-15(12)26-19(21)13(18)8-20/h3-7,18H,9,21H2,1-2H3. The van der Waals surface area contributed by atoms with E-state index in [2.05, 4.69) is 6.07 Å². The molecular formula is C19H16N2O5. The molecule has 7 heteroatoms. The number of methoxy groups -OCH3 is 2. The first-order valence-electron chi connectivity index (χ1n) is 7.89. The summed E-state index contributed by atoms with van der Waals surface area (Å²) in [5.41, 5.74) is 7.81. The van der Waals surface area contributed by atoms with Gasteiger partial charge >= 0.3 is 0 Å². The molecule has 2 aromatic carbocycles. The molecule has 2 aromatic rings. The second-order valence-corrected chi connectivity index (χ2v) is 5.78. The average molecular weight is 352 g/mol. The lowest BCUT2D eigenvalue weighted by molar-refractivity contribution is 0.174. The first-order valence-corrected chi connectivity index (χ1v) is 7.89. The molecule has 2 N–H and O–H groups in total. The first-order chi connectivity index (χ1) is 12.7. The van der Waals surface area contributed by atoms with E-state index in [4.69, 9.17) is 29.4 Å². The number of nitrogens with zero attached hydrogens (tertiary/aromatic N) is 1. The van der Waals surface area contributed by atoms with Crippen LogP contribution in [0.4, 0.5) is 0 Å². The Bertz CT molecular complexity index is 961. The van der Waals surface area contributed by atoms with Crippen molar-refractivity contribution in [2.75, 3.05) is 21.0 Å². The summed E-state index contributed by atoms with van der Waals surface area (Å²) in [5, 5.41) is 9.71. The van der Waals surface area contributed by atoms with Crippen LogP contribution in [0.5, 0.6) is 28.7 Å². The molecule has 2 aliphatic rings. The van der Waals surface area contributed by atoms with Crippen molar-refractivity contribution in [1.82, 2.24) is 0 Å². The van der Waals surface area contributed by atoms with Crippen LogP contribution in [-0.4, -0.2) is 21.0 Å². The summed E-state index contributed by atoms with van der Waals surface area (Å²) < 4.78 is 27.4. The van der Waals surface area contributed by atoms with Crippen molar-refractivity contribution in [3.63, 3.8) is 0 Å². The van der Waals surface area contributed by atoms with Gasteiger partial charge in [-0.3, -0.25) is 0 Å². The van der Waals surface area contributed by atoms with Crippen molar-refractivity contribution in [2.45, 2.75) is 5.92 Å². The molecule has 0 fully saturated rings. The number of fused-ring (bicyclic) bond motifs is 2. The van der Waals surface area contributed by atoms with Crippen LogP contribution >= 0.6 is 0 Å². The van der Waals surface area contributed by atoms with Crippen molar-refractivity contribution in [3.8, 4) is 34.8 Å². The fraction of sp³-hybridized carbons (Fsp3) is 0.211. The number of rotatable bonds is 3. The summed E-state index contributed by atoms with van der Waals surface area (Å²) in [6.45, 7) is 0.138. The van der Waals surface area contributed by atoms with E-state index in [0.717, 1.165) is 11.1 Å². The lowest BCUT2D eigenvalue weighted by Crippen LogP contribution is -2.21. The van der Waals surface area contributed by atoms with E-state index in [1.807, 2.05) is 12.1 Å². The van der Waals surface area contributed by atoms with E-state index in [0.29, 0.717) is 34.3 Å². The van der Waals surface area contributed by atoms with Gasteiger partial charge in [0.2, 0.25) is 12.7 Å². The summed E-state index contributed by atoms with van der Waals surface area (Å²) in [6, 6.07) is 11.1. The van der Waals surface area contributed by atoms with Gasteiger partial charge in [0.1, 0.15) is 28.9 Å². The molecule has 1 atom stereocenters. The molecule has 0 saturated carbocycles. The Kier molecular flexibility index (Phi) is 3.73. The van der Waals surface area contributed by atoms with Crippen molar-refractivity contribution < 1.29 is 23.7 Å². The Balaban J connectivity index is 1.97. The SMILES string of the molecule is COc1ccc(OC)c(C2C(C#N)=C(N)Oc3cc4c(cc32)OCO4)c1. The number of benzene rings is 2. The lowest BCUT2D eigenvalue weighted by atomic mass is 9.82. The summed E-state index contributed by atoms with van der Waals surface area (Å²) in [6.07, 6.45) is 0. The number of nitriles is 1. The third kappa shape index (κ3) is 2.35. The van der Waals surface area contributed by atoms with Crippen LogP contribution in [0.2, 0.25) is 0 Å². The lowest BCUT2D eigenvalue weighted by Gasteiger charge is -2.27. The number of ether oxygens (including phenoxy) is 5. The maximum absolute atomic E-state index is 9.71. The number of hydrogen-bond acceptors (Lipinski definition) is 7. The zero-order valence-electron chi connectivity index (χ0n) is 14.2. The topological polar surface area (TPSA) is 96.0 Å². The first kappa shape index (κ1) is 16.0.